The van der Waals surface area contributed by atoms with Crippen LogP contribution in [0, 0.1) is 0 Å². The van der Waals surface area contributed by atoms with Crippen molar-refractivity contribution in [1.82, 2.24) is 18.7 Å². The van der Waals surface area contributed by atoms with Gasteiger partial charge in [-0.3, -0.25) is 23.6 Å². The predicted molar refractivity (Wildman–Crippen MR) is 129 cm³/mol. The third kappa shape index (κ3) is 3.39. The van der Waals surface area contributed by atoms with Gasteiger partial charge in [0.25, 0.3) is 5.56 Å². The molecule has 2 aromatic heterocycles. The number of anilines is 2. The Morgan fingerprint density at radius 3 is 2.06 bits per heavy atom. The summed E-state index contributed by atoms with van der Waals surface area (Å²) in [6, 6.07) is 16.0. The van der Waals surface area contributed by atoms with Gasteiger partial charge in [0.15, 0.2) is 16.3 Å². The van der Waals surface area contributed by atoms with Gasteiger partial charge in [-0.25, -0.2) is 9.78 Å². The van der Waals surface area contributed by atoms with Crippen LogP contribution in [0.1, 0.15) is 11.1 Å². The SMILES string of the molecule is Cn1c(=O)c2c(nc(SCC(=O)N3c4ccccc4CCc4ccccc43)n2C)n(C)c1=O. The average molecular weight is 462 g/mol. The van der Waals surface area contributed by atoms with Crippen molar-refractivity contribution in [3.05, 3.63) is 80.5 Å². The number of aromatic nitrogens is 4. The van der Waals surface area contributed by atoms with Crippen molar-refractivity contribution < 1.29 is 4.79 Å². The summed E-state index contributed by atoms with van der Waals surface area (Å²) in [6.07, 6.45) is 1.73. The number of fused-ring (bicyclic) bond motifs is 3. The zero-order valence-electron chi connectivity index (χ0n) is 18.6. The molecule has 3 heterocycles. The van der Waals surface area contributed by atoms with Gasteiger partial charge >= 0.3 is 5.69 Å². The summed E-state index contributed by atoms with van der Waals surface area (Å²) in [4.78, 5) is 44.8. The number of rotatable bonds is 3. The lowest BCUT2D eigenvalue weighted by Gasteiger charge is -2.24. The van der Waals surface area contributed by atoms with Crippen molar-refractivity contribution in [2.45, 2.75) is 18.0 Å². The smallest absolute Gasteiger partial charge is 0.316 e. The fraction of sp³-hybridized carbons (Fsp3) is 0.250. The number of amides is 1. The molecule has 0 spiro atoms. The molecule has 9 heteroatoms. The maximum Gasteiger partial charge on any atom is 0.332 e. The third-order valence-corrected chi connectivity index (χ3v) is 7.15. The first kappa shape index (κ1) is 21.3. The molecule has 1 aliphatic heterocycles. The van der Waals surface area contributed by atoms with Gasteiger partial charge in [0.05, 0.1) is 17.1 Å². The normalized spacial score (nSPS) is 13.0. The summed E-state index contributed by atoms with van der Waals surface area (Å²) >= 11 is 1.26. The Hall–Kier alpha value is -3.59. The van der Waals surface area contributed by atoms with Gasteiger partial charge in [-0.15, -0.1) is 0 Å². The number of nitrogens with zero attached hydrogens (tertiary/aromatic N) is 5. The summed E-state index contributed by atoms with van der Waals surface area (Å²) in [5.41, 5.74) is 3.86. The van der Waals surface area contributed by atoms with Crippen LogP contribution in [-0.2, 0) is 38.8 Å². The van der Waals surface area contributed by atoms with Gasteiger partial charge in [0.2, 0.25) is 5.91 Å². The summed E-state index contributed by atoms with van der Waals surface area (Å²) in [6.45, 7) is 0. The maximum absolute atomic E-state index is 13.6. The number of carbonyl (C=O) groups excluding carboxylic acids is 1. The van der Waals surface area contributed by atoms with Crippen LogP contribution in [0.5, 0.6) is 0 Å². The van der Waals surface area contributed by atoms with Gasteiger partial charge in [0.1, 0.15) is 0 Å². The quantitative estimate of drug-likeness (QED) is 0.438. The first-order valence-corrected chi connectivity index (χ1v) is 11.6. The lowest BCUT2D eigenvalue weighted by Crippen LogP contribution is -2.37. The zero-order chi connectivity index (χ0) is 23.3. The number of aryl methyl sites for hydroxylation is 4. The van der Waals surface area contributed by atoms with Crippen LogP contribution in [-0.4, -0.2) is 30.3 Å². The molecule has 1 aliphatic rings. The van der Waals surface area contributed by atoms with E-state index in [1.165, 1.54) is 23.4 Å². The van der Waals surface area contributed by atoms with E-state index in [4.69, 9.17) is 0 Å². The highest BCUT2D eigenvalue weighted by molar-refractivity contribution is 7.99. The summed E-state index contributed by atoms with van der Waals surface area (Å²) in [7, 11) is 4.76. The molecule has 0 bridgehead atoms. The van der Waals surface area contributed by atoms with Crippen molar-refractivity contribution in [2.75, 3.05) is 10.7 Å². The highest BCUT2D eigenvalue weighted by Gasteiger charge is 2.26. The van der Waals surface area contributed by atoms with E-state index in [2.05, 4.69) is 17.1 Å². The molecule has 5 rings (SSSR count). The zero-order valence-corrected chi connectivity index (χ0v) is 19.4. The highest BCUT2D eigenvalue weighted by Crippen LogP contribution is 2.36. The number of thioether (sulfide) groups is 1. The molecule has 4 aromatic rings. The van der Waals surface area contributed by atoms with E-state index in [-0.39, 0.29) is 11.7 Å². The molecule has 2 aromatic carbocycles. The predicted octanol–water partition coefficient (Wildman–Crippen LogP) is 2.53. The fourth-order valence-corrected chi connectivity index (χ4v) is 5.18. The average Bonchev–Trinajstić information content (AvgIpc) is 3.06. The summed E-state index contributed by atoms with van der Waals surface area (Å²) in [5, 5.41) is 0.507. The van der Waals surface area contributed by atoms with Crippen LogP contribution < -0.4 is 16.1 Å². The molecule has 0 atom stereocenters. The minimum absolute atomic E-state index is 0.0735. The lowest BCUT2D eigenvalue weighted by atomic mass is 10.0. The minimum atomic E-state index is -0.434. The van der Waals surface area contributed by atoms with Gasteiger partial charge in [-0.2, -0.15) is 0 Å². The third-order valence-electron chi connectivity index (χ3n) is 6.14. The molecule has 33 heavy (non-hydrogen) atoms. The number of hydrogen-bond acceptors (Lipinski definition) is 5. The molecule has 0 saturated carbocycles. The first-order chi connectivity index (χ1) is 15.9. The Morgan fingerprint density at radius 2 is 1.45 bits per heavy atom. The monoisotopic (exact) mass is 461 g/mol. The van der Waals surface area contributed by atoms with Crippen LogP contribution in [0.25, 0.3) is 11.2 Å². The molecular formula is C24H23N5O3S. The van der Waals surface area contributed by atoms with E-state index < -0.39 is 11.2 Å². The van der Waals surface area contributed by atoms with Gasteiger partial charge in [-0.05, 0) is 36.1 Å². The number of hydrogen-bond donors (Lipinski definition) is 0. The van der Waals surface area contributed by atoms with E-state index in [1.54, 1.807) is 23.6 Å². The van der Waals surface area contributed by atoms with Crippen molar-refractivity contribution >= 4 is 40.2 Å². The highest BCUT2D eigenvalue weighted by atomic mass is 32.2. The fourth-order valence-electron chi connectivity index (χ4n) is 4.37. The van der Waals surface area contributed by atoms with E-state index in [9.17, 15) is 14.4 Å². The molecule has 0 fully saturated rings. The largest absolute Gasteiger partial charge is 0.332 e. The Labute approximate surface area is 194 Å². The van der Waals surface area contributed by atoms with Crippen LogP contribution in [0.3, 0.4) is 0 Å². The second-order valence-corrected chi connectivity index (χ2v) is 9.05. The van der Waals surface area contributed by atoms with Gasteiger partial charge < -0.3 is 4.57 Å². The minimum Gasteiger partial charge on any atom is -0.316 e. The van der Waals surface area contributed by atoms with Crippen LogP contribution in [0.15, 0.2) is 63.3 Å². The number of imidazole rings is 1. The molecule has 0 saturated heterocycles. The van der Waals surface area contributed by atoms with E-state index >= 15 is 0 Å². The lowest BCUT2D eigenvalue weighted by molar-refractivity contribution is -0.115. The second-order valence-electron chi connectivity index (χ2n) is 8.11. The number of carbonyl (C=O) groups is 1. The molecule has 0 N–H and O–H groups in total. The maximum atomic E-state index is 13.6. The summed E-state index contributed by atoms with van der Waals surface area (Å²) in [5.74, 6) is 0.0596. The van der Waals surface area contributed by atoms with E-state index in [0.29, 0.717) is 16.3 Å². The topological polar surface area (TPSA) is 82.1 Å². The van der Waals surface area contributed by atoms with Crippen LogP contribution in [0.2, 0.25) is 0 Å². The first-order valence-electron chi connectivity index (χ1n) is 10.6. The van der Waals surface area contributed by atoms with Crippen molar-refractivity contribution in [2.24, 2.45) is 21.1 Å². The van der Waals surface area contributed by atoms with Crippen molar-refractivity contribution in [3.63, 3.8) is 0 Å². The Bertz CT molecular complexity index is 1480. The summed E-state index contributed by atoms with van der Waals surface area (Å²) < 4.78 is 4.07. The molecule has 168 valence electrons. The standard InChI is InChI=1S/C24H23N5O3S/c1-26-20-21(27(2)24(32)28(3)22(20)31)25-23(26)33-14-19(30)29-17-10-6-4-8-15(17)12-13-16-9-5-7-11-18(16)29/h4-11H,12-14H2,1-3H3. The second kappa shape index (κ2) is 8.08. The Kier molecular flexibility index (Phi) is 5.20. The molecule has 1 amide bonds. The molecule has 0 unspecified atom stereocenters. The van der Waals surface area contributed by atoms with E-state index in [1.807, 2.05) is 36.4 Å². The van der Waals surface area contributed by atoms with Gasteiger partial charge in [-0.1, -0.05) is 48.2 Å². The number of para-hydroxylation sites is 2. The Balaban J connectivity index is 1.52. The van der Waals surface area contributed by atoms with Crippen molar-refractivity contribution in [1.29, 1.82) is 0 Å². The van der Waals surface area contributed by atoms with Crippen LogP contribution >= 0.6 is 11.8 Å². The van der Waals surface area contributed by atoms with Gasteiger partial charge in [0, 0.05) is 21.1 Å². The Morgan fingerprint density at radius 1 is 0.879 bits per heavy atom. The molecule has 0 aliphatic carbocycles. The molecule has 8 nitrogen and oxygen atoms in total. The number of benzene rings is 2. The van der Waals surface area contributed by atoms with Crippen LogP contribution in [0.4, 0.5) is 11.4 Å². The molecule has 0 radical (unpaired) electrons. The van der Waals surface area contributed by atoms with E-state index in [0.717, 1.165) is 39.9 Å². The van der Waals surface area contributed by atoms with Crippen molar-refractivity contribution in [3.8, 4) is 0 Å². The molecular weight excluding hydrogens is 438 g/mol.